The maximum Gasteiger partial charge on any atom is 0.404 e. The molecule has 0 aromatic rings. The molecule has 2 amide bonds. The Balaban J connectivity index is 2.15. The molecule has 4 N–H and O–H groups in total. The minimum Gasteiger partial charge on any atom is -0.448 e. The Kier molecular flexibility index (Phi) is 5.63. The van der Waals surface area contributed by atoms with Gasteiger partial charge in [-0.2, -0.15) is 0 Å². The molecule has 1 saturated heterocycles. The lowest BCUT2D eigenvalue weighted by Gasteiger charge is -2.15. The van der Waals surface area contributed by atoms with Crippen LogP contribution >= 0.6 is 0 Å². The molecule has 1 fully saturated rings. The summed E-state index contributed by atoms with van der Waals surface area (Å²) in [5.41, 5.74) is 4.79. The second-order valence-corrected chi connectivity index (χ2v) is 3.81. The average Bonchev–Trinajstić information content (AvgIpc) is 2.52. The topological polar surface area (TPSA) is 93.5 Å². The first-order chi connectivity index (χ1) is 7.70. The van der Waals surface area contributed by atoms with E-state index in [0.717, 1.165) is 25.8 Å². The molecular weight excluding hydrogens is 210 g/mol. The molecule has 1 aliphatic heterocycles. The smallest absolute Gasteiger partial charge is 0.404 e. The van der Waals surface area contributed by atoms with E-state index in [2.05, 4.69) is 15.4 Å². The summed E-state index contributed by atoms with van der Waals surface area (Å²) in [6, 6.07) is -0.115. The molecular formula is C10H19N3O3. The van der Waals surface area contributed by atoms with Gasteiger partial charge >= 0.3 is 6.09 Å². The fourth-order valence-electron chi connectivity index (χ4n) is 1.70. The molecule has 1 aliphatic rings. The largest absolute Gasteiger partial charge is 0.448 e. The molecule has 0 aliphatic carbocycles. The zero-order valence-corrected chi connectivity index (χ0v) is 9.33. The number of primary amides is 1. The molecule has 0 bridgehead atoms. The van der Waals surface area contributed by atoms with Crippen LogP contribution in [0.1, 0.15) is 25.7 Å². The summed E-state index contributed by atoms with van der Waals surface area (Å²) in [4.78, 5) is 21.9. The summed E-state index contributed by atoms with van der Waals surface area (Å²) < 4.78 is 4.51. The molecule has 0 aromatic carbocycles. The fraction of sp³-hybridized carbons (Fsp3) is 0.800. The highest BCUT2D eigenvalue weighted by molar-refractivity contribution is 5.81. The maximum absolute atomic E-state index is 11.7. The summed E-state index contributed by atoms with van der Waals surface area (Å²) in [5, 5.41) is 5.89. The standard InChI is InChI=1S/C10H19N3O3/c11-10(15)16-7-6-13-9(14)8-4-2-1-3-5-12-8/h8,12H,1-7H2,(H2,11,15)(H,13,14). The molecule has 1 unspecified atom stereocenters. The molecule has 1 rings (SSSR count). The lowest BCUT2D eigenvalue weighted by molar-refractivity contribution is -0.123. The number of rotatable bonds is 4. The van der Waals surface area contributed by atoms with Crippen molar-refractivity contribution < 1.29 is 14.3 Å². The minimum atomic E-state index is -0.818. The Morgan fingerprint density at radius 3 is 2.94 bits per heavy atom. The van der Waals surface area contributed by atoms with Gasteiger partial charge in [0, 0.05) is 0 Å². The van der Waals surface area contributed by atoms with Crippen LogP contribution < -0.4 is 16.4 Å². The van der Waals surface area contributed by atoms with Gasteiger partial charge in [-0.05, 0) is 19.4 Å². The summed E-state index contributed by atoms with van der Waals surface area (Å²) in [6.07, 6.45) is 3.41. The summed E-state index contributed by atoms with van der Waals surface area (Å²) >= 11 is 0. The van der Waals surface area contributed by atoms with E-state index in [1.807, 2.05) is 0 Å². The zero-order chi connectivity index (χ0) is 11.8. The van der Waals surface area contributed by atoms with Gasteiger partial charge in [-0.3, -0.25) is 4.79 Å². The second-order valence-electron chi connectivity index (χ2n) is 3.81. The van der Waals surface area contributed by atoms with Crippen molar-refractivity contribution in [1.29, 1.82) is 0 Å². The molecule has 92 valence electrons. The third kappa shape index (κ3) is 4.97. The Labute approximate surface area is 94.9 Å². The van der Waals surface area contributed by atoms with Crippen LogP contribution in [0.5, 0.6) is 0 Å². The highest BCUT2D eigenvalue weighted by Gasteiger charge is 2.18. The van der Waals surface area contributed by atoms with Crippen LogP contribution in [-0.2, 0) is 9.53 Å². The molecule has 6 nitrogen and oxygen atoms in total. The lowest BCUT2D eigenvalue weighted by atomic mass is 10.1. The van der Waals surface area contributed by atoms with E-state index >= 15 is 0 Å². The van der Waals surface area contributed by atoms with Crippen molar-refractivity contribution in [2.24, 2.45) is 5.73 Å². The van der Waals surface area contributed by atoms with Crippen molar-refractivity contribution in [3.05, 3.63) is 0 Å². The number of hydrogen-bond donors (Lipinski definition) is 3. The van der Waals surface area contributed by atoms with Crippen LogP contribution in [0.3, 0.4) is 0 Å². The van der Waals surface area contributed by atoms with Crippen molar-refractivity contribution >= 4 is 12.0 Å². The Morgan fingerprint density at radius 2 is 2.19 bits per heavy atom. The number of ether oxygens (including phenoxy) is 1. The van der Waals surface area contributed by atoms with Gasteiger partial charge in [-0.25, -0.2) is 4.79 Å². The van der Waals surface area contributed by atoms with Crippen LogP contribution in [-0.4, -0.2) is 37.7 Å². The van der Waals surface area contributed by atoms with Gasteiger partial charge in [0.15, 0.2) is 0 Å². The van der Waals surface area contributed by atoms with Crippen molar-refractivity contribution in [1.82, 2.24) is 10.6 Å². The molecule has 0 saturated carbocycles. The van der Waals surface area contributed by atoms with Gasteiger partial charge in [0.25, 0.3) is 0 Å². The first-order valence-corrected chi connectivity index (χ1v) is 5.63. The van der Waals surface area contributed by atoms with Crippen molar-refractivity contribution in [3.63, 3.8) is 0 Å². The van der Waals surface area contributed by atoms with Crippen LogP contribution in [0.15, 0.2) is 0 Å². The van der Waals surface area contributed by atoms with E-state index < -0.39 is 6.09 Å². The van der Waals surface area contributed by atoms with Gasteiger partial charge in [0.05, 0.1) is 12.6 Å². The number of carbonyl (C=O) groups excluding carboxylic acids is 2. The third-order valence-corrected chi connectivity index (χ3v) is 2.52. The first-order valence-electron chi connectivity index (χ1n) is 5.63. The molecule has 6 heteroatoms. The van der Waals surface area contributed by atoms with Crippen LogP contribution in [0, 0.1) is 0 Å². The minimum absolute atomic E-state index is 0.0324. The number of amides is 2. The highest BCUT2D eigenvalue weighted by Crippen LogP contribution is 2.08. The average molecular weight is 229 g/mol. The molecule has 16 heavy (non-hydrogen) atoms. The Bertz CT molecular complexity index is 237. The number of nitrogens with one attached hydrogen (secondary N) is 2. The highest BCUT2D eigenvalue weighted by atomic mass is 16.5. The number of carbonyl (C=O) groups is 2. The third-order valence-electron chi connectivity index (χ3n) is 2.52. The zero-order valence-electron chi connectivity index (χ0n) is 9.33. The van der Waals surface area contributed by atoms with Crippen molar-refractivity contribution in [2.75, 3.05) is 19.7 Å². The van der Waals surface area contributed by atoms with Crippen molar-refractivity contribution in [2.45, 2.75) is 31.7 Å². The molecule has 0 radical (unpaired) electrons. The van der Waals surface area contributed by atoms with E-state index in [1.165, 1.54) is 6.42 Å². The molecule has 0 spiro atoms. The Morgan fingerprint density at radius 1 is 1.38 bits per heavy atom. The van der Waals surface area contributed by atoms with Crippen LogP contribution in [0.25, 0.3) is 0 Å². The van der Waals surface area contributed by atoms with Crippen LogP contribution in [0.4, 0.5) is 4.79 Å². The molecule has 1 heterocycles. The molecule has 1 atom stereocenters. The first kappa shape index (κ1) is 12.8. The van der Waals surface area contributed by atoms with E-state index in [1.54, 1.807) is 0 Å². The quantitative estimate of drug-likeness (QED) is 0.578. The molecule has 0 aromatic heterocycles. The maximum atomic E-state index is 11.7. The monoisotopic (exact) mass is 229 g/mol. The van der Waals surface area contributed by atoms with Gasteiger partial charge in [0.1, 0.15) is 6.61 Å². The lowest BCUT2D eigenvalue weighted by Crippen LogP contribution is -2.44. The van der Waals surface area contributed by atoms with Crippen molar-refractivity contribution in [3.8, 4) is 0 Å². The predicted octanol–water partition coefficient (Wildman–Crippen LogP) is -0.270. The van der Waals surface area contributed by atoms with Gasteiger partial charge in [-0.15, -0.1) is 0 Å². The summed E-state index contributed by atoms with van der Waals surface area (Å²) in [7, 11) is 0. The number of nitrogens with two attached hydrogens (primary N) is 1. The predicted molar refractivity (Wildman–Crippen MR) is 58.8 cm³/mol. The van der Waals surface area contributed by atoms with Gasteiger partial charge in [0.2, 0.25) is 5.91 Å². The summed E-state index contributed by atoms with van der Waals surface area (Å²) in [6.45, 7) is 1.31. The normalized spacial score (nSPS) is 20.9. The SMILES string of the molecule is NC(=O)OCCNC(=O)C1CCCCCN1. The Hall–Kier alpha value is -1.30. The van der Waals surface area contributed by atoms with E-state index in [4.69, 9.17) is 5.73 Å². The van der Waals surface area contributed by atoms with E-state index in [0.29, 0.717) is 6.54 Å². The van der Waals surface area contributed by atoms with Gasteiger partial charge < -0.3 is 21.1 Å². The summed E-state index contributed by atoms with van der Waals surface area (Å²) in [5.74, 6) is -0.0324. The fourth-order valence-corrected chi connectivity index (χ4v) is 1.70. The van der Waals surface area contributed by atoms with E-state index in [-0.39, 0.29) is 18.6 Å². The van der Waals surface area contributed by atoms with Gasteiger partial charge in [-0.1, -0.05) is 12.8 Å². The second kappa shape index (κ2) is 7.05. The van der Waals surface area contributed by atoms with Crippen LogP contribution in [0.2, 0.25) is 0 Å². The number of hydrogen-bond acceptors (Lipinski definition) is 4. The van der Waals surface area contributed by atoms with E-state index in [9.17, 15) is 9.59 Å².